The number of nitrogens with zero attached hydrogens (tertiary/aromatic N) is 2. The molecule has 3 aromatic rings. The maximum atomic E-state index is 11.3. The van der Waals surface area contributed by atoms with Crippen molar-refractivity contribution in [3.05, 3.63) is 42.0 Å². The molecule has 1 atom stereocenters. The van der Waals surface area contributed by atoms with Crippen molar-refractivity contribution in [1.82, 2.24) is 9.97 Å². The SMILES string of the molecule is C[C@@H](Nc1ncnc2scc(-c3ccccc3)c12)C(N)=O. The number of hydrogen-bond donors (Lipinski definition) is 2. The monoisotopic (exact) mass is 298 g/mol. The number of anilines is 1. The fraction of sp³-hybridized carbons (Fsp3) is 0.133. The number of nitrogens with one attached hydrogen (secondary N) is 1. The Morgan fingerprint density at radius 1 is 1.29 bits per heavy atom. The number of fused-ring (bicyclic) bond motifs is 1. The van der Waals surface area contributed by atoms with Gasteiger partial charge in [-0.15, -0.1) is 11.3 Å². The Balaban J connectivity index is 2.13. The Labute approximate surface area is 125 Å². The number of nitrogens with two attached hydrogens (primary N) is 1. The summed E-state index contributed by atoms with van der Waals surface area (Å²) in [6.45, 7) is 1.71. The number of primary amides is 1. The Morgan fingerprint density at radius 2 is 2.05 bits per heavy atom. The van der Waals surface area contributed by atoms with Crippen LogP contribution in [-0.2, 0) is 4.79 Å². The van der Waals surface area contributed by atoms with Gasteiger partial charge in [0.05, 0.1) is 5.39 Å². The van der Waals surface area contributed by atoms with E-state index in [1.165, 1.54) is 6.33 Å². The molecule has 0 unspecified atom stereocenters. The van der Waals surface area contributed by atoms with E-state index in [9.17, 15) is 4.79 Å². The van der Waals surface area contributed by atoms with Crippen molar-refractivity contribution < 1.29 is 4.79 Å². The third-order valence-corrected chi connectivity index (χ3v) is 4.12. The van der Waals surface area contributed by atoms with Crippen LogP contribution in [0.5, 0.6) is 0 Å². The van der Waals surface area contributed by atoms with E-state index in [2.05, 4.69) is 20.7 Å². The standard InChI is InChI=1S/C15H14N4OS/c1-9(13(16)20)19-14-12-11(10-5-3-2-4-6-10)7-21-15(12)18-8-17-14/h2-9H,1H3,(H2,16,20)(H,17,18,19)/t9-/m1/s1. The summed E-state index contributed by atoms with van der Waals surface area (Å²) >= 11 is 1.55. The Morgan fingerprint density at radius 3 is 2.76 bits per heavy atom. The summed E-state index contributed by atoms with van der Waals surface area (Å²) in [5.41, 5.74) is 7.45. The van der Waals surface area contributed by atoms with Crippen molar-refractivity contribution in [1.29, 1.82) is 0 Å². The molecule has 106 valence electrons. The van der Waals surface area contributed by atoms with Gasteiger partial charge in [-0.25, -0.2) is 9.97 Å². The first kappa shape index (κ1) is 13.5. The molecule has 5 nitrogen and oxygen atoms in total. The first-order valence-corrected chi connectivity index (χ1v) is 7.38. The molecule has 0 aliphatic carbocycles. The molecule has 0 fully saturated rings. The molecule has 0 aliphatic heterocycles. The number of thiophene rings is 1. The van der Waals surface area contributed by atoms with Gasteiger partial charge in [-0.05, 0) is 12.5 Å². The van der Waals surface area contributed by atoms with E-state index in [4.69, 9.17) is 5.73 Å². The van der Waals surface area contributed by atoms with Crippen LogP contribution in [0.2, 0.25) is 0 Å². The van der Waals surface area contributed by atoms with Crippen LogP contribution in [0.15, 0.2) is 42.0 Å². The van der Waals surface area contributed by atoms with Crippen LogP contribution in [0, 0.1) is 0 Å². The lowest BCUT2D eigenvalue weighted by Gasteiger charge is -2.12. The van der Waals surface area contributed by atoms with Crippen LogP contribution in [0.3, 0.4) is 0 Å². The summed E-state index contributed by atoms with van der Waals surface area (Å²) in [7, 11) is 0. The lowest BCUT2D eigenvalue weighted by molar-refractivity contribution is -0.118. The molecule has 0 radical (unpaired) electrons. The van der Waals surface area contributed by atoms with Crippen molar-refractivity contribution >= 4 is 33.3 Å². The quantitative estimate of drug-likeness (QED) is 0.776. The summed E-state index contributed by atoms with van der Waals surface area (Å²) in [6.07, 6.45) is 1.49. The minimum atomic E-state index is -0.494. The third kappa shape index (κ3) is 2.57. The van der Waals surface area contributed by atoms with E-state index in [-0.39, 0.29) is 0 Å². The van der Waals surface area contributed by atoms with Gasteiger partial charge >= 0.3 is 0 Å². The van der Waals surface area contributed by atoms with E-state index in [0.29, 0.717) is 5.82 Å². The lowest BCUT2D eigenvalue weighted by Crippen LogP contribution is -2.32. The van der Waals surface area contributed by atoms with Crippen molar-refractivity contribution in [3.63, 3.8) is 0 Å². The summed E-state index contributed by atoms with van der Waals surface area (Å²) in [5.74, 6) is 0.213. The predicted octanol–water partition coefficient (Wildman–Crippen LogP) is 2.64. The fourth-order valence-corrected chi connectivity index (χ4v) is 3.01. The summed E-state index contributed by atoms with van der Waals surface area (Å²) in [4.78, 5) is 20.7. The first-order chi connectivity index (χ1) is 10.2. The average Bonchev–Trinajstić information content (AvgIpc) is 2.93. The van der Waals surface area contributed by atoms with Crippen LogP contribution in [0.4, 0.5) is 5.82 Å². The number of carbonyl (C=O) groups excluding carboxylic acids is 1. The van der Waals surface area contributed by atoms with Crippen molar-refractivity contribution in [2.75, 3.05) is 5.32 Å². The first-order valence-electron chi connectivity index (χ1n) is 6.50. The van der Waals surface area contributed by atoms with Gasteiger partial charge in [-0.1, -0.05) is 30.3 Å². The lowest BCUT2D eigenvalue weighted by atomic mass is 10.1. The molecule has 0 spiro atoms. The molecule has 0 saturated carbocycles. The van der Waals surface area contributed by atoms with Gasteiger partial charge in [-0.3, -0.25) is 4.79 Å². The van der Waals surface area contributed by atoms with Crippen LogP contribution in [0.1, 0.15) is 6.92 Å². The van der Waals surface area contributed by atoms with E-state index in [1.54, 1.807) is 18.3 Å². The van der Waals surface area contributed by atoms with Crippen LogP contribution >= 0.6 is 11.3 Å². The predicted molar refractivity (Wildman–Crippen MR) is 85.1 cm³/mol. The molecular weight excluding hydrogens is 284 g/mol. The maximum absolute atomic E-state index is 11.3. The van der Waals surface area contributed by atoms with Crippen LogP contribution in [-0.4, -0.2) is 21.9 Å². The Hall–Kier alpha value is -2.47. The Bertz CT molecular complexity index is 785. The molecule has 0 bridgehead atoms. The zero-order valence-corrected chi connectivity index (χ0v) is 12.2. The molecule has 0 aliphatic rings. The second-order valence-corrected chi connectivity index (χ2v) is 5.54. The minimum absolute atomic E-state index is 0.418. The zero-order valence-electron chi connectivity index (χ0n) is 11.4. The Kier molecular flexibility index (Phi) is 3.53. The van der Waals surface area contributed by atoms with E-state index in [0.717, 1.165) is 21.3 Å². The summed E-state index contributed by atoms with van der Waals surface area (Å²) in [5, 5.41) is 6.03. The topological polar surface area (TPSA) is 80.9 Å². The smallest absolute Gasteiger partial charge is 0.239 e. The van der Waals surface area contributed by atoms with Crippen molar-refractivity contribution in [2.24, 2.45) is 5.73 Å². The van der Waals surface area contributed by atoms with Crippen LogP contribution < -0.4 is 11.1 Å². The molecule has 21 heavy (non-hydrogen) atoms. The third-order valence-electron chi connectivity index (χ3n) is 3.24. The number of aromatic nitrogens is 2. The van der Waals surface area contributed by atoms with Gasteiger partial charge in [0.1, 0.15) is 23.0 Å². The zero-order chi connectivity index (χ0) is 14.8. The van der Waals surface area contributed by atoms with Crippen LogP contribution in [0.25, 0.3) is 21.3 Å². The second-order valence-electron chi connectivity index (χ2n) is 4.69. The highest BCUT2D eigenvalue weighted by Gasteiger charge is 2.16. The highest BCUT2D eigenvalue weighted by Crippen LogP contribution is 2.36. The number of carbonyl (C=O) groups is 1. The molecule has 3 N–H and O–H groups in total. The molecule has 1 aromatic carbocycles. The highest BCUT2D eigenvalue weighted by atomic mass is 32.1. The van der Waals surface area contributed by atoms with Crippen molar-refractivity contribution in [2.45, 2.75) is 13.0 Å². The second kappa shape index (κ2) is 5.49. The molecule has 6 heteroatoms. The normalized spacial score (nSPS) is 12.2. The van der Waals surface area contributed by atoms with Gasteiger partial charge in [0.2, 0.25) is 5.91 Å². The molecule has 2 aromatic heterocycles. The largest absolute Gasteiger partial charge is 0.368 e. The van der Waals surface area contributed by atoms with E-state index < -0.39 is 11.9 Å². The molecule has 1 amide bonds. The van der Waals surface area contributed by atoms with Gasteiger partial charge in [0, 0.05) is 10.9 Å². The number of rotatable bonds is 4. The van der Waals surface area contributed by atoms with E-state index in [1.807, 2.05) is 30.3 Å². The summed E-state index contributed by atoms with van der Waals surface area (Å²) in [6, 6.07) is 9.53. The summed E-state index contributed by atoms with van der Waals surface area (Å²) < 4.78 is 0. The number of hydrogen-bond acceptors (Lipinski definition) is 5. The van der Waals surface area contributed by atoms with Crippen molar-refractivity contribution in [3.8, 4) is 11.1 Å². The van der Waals surface area contributed by atoms with Gasteiger partial charge in [-0.2, -0.15) is 0 Å². The van der Waals surface area contributed by atoms with Gasteiger partial charge in [0.15, 0.2) is 0 Å². The average molecular weight is 298 g/mol. The van der Waals surface area contributed by atoms with Gasteiger partial charge in [0.25, 0.3) is 0 Å². The van der Waals surface area contributed by atoms with E-state index >= 15 is 0 Å². The maximum Gasteiger partial charge on any atom is 0.239 e. The van der Waals surface area contributed by atoms with Gasteiger partial charge < -0.3 is 11.1 Å². The molecule has 3 rings (SSSR count). The molecular formula is C15H14N4OS. The minimum Gasteiger partial charge on any atom is -0.368 e. The molecule has 0 saturated heterocycles. The molecule has 2 heterocycles. The highest BCUT2D eigenvalue weighted by molar-refractivity contribution is 7.17. The fourth-order valence-electron chi connectivity index (χ4n) is 2.09. The number of benzene rings is 1. The number of amides is 1.